The standard InChI is InChI=1S/C21H24N2O2/c24-21(19-9-13-25-20-6-2-1-5-18(19)20)23-11-7-16(8-12-23)14-17-4-3-10-22-15-17/h1-6,10,15-16,19H,7-9,11-14H2/t19-/m0/s1. The number of fused-ring (bicyclic) bond motifs is 1. The number of hydrogen-bond acceptors (Lipinski definition) is 3. The molecule has 1 fully saturated rings. The third-order valence-corrected chi connectivity index (χ3v) is 5.43. The molecule has 4 heteroatoms. The second kappa shape index (κ2) is 7.26. The highest BCUT2D eigenvalue weighted by molar-refractivity contribution is 5.85. The van der Waals surface area contributed by atoms with E-state index < -0.39 is 0 Å². The summed E-state index contributed by atoms with van der Waals surface area (Å²) >= 11 is 0. The molecule has 1 saturated heterocycles. The van der Waals surface area contributed by atoms with Crippen LogP contribution in [0.1, 0.15) is 36.3 Å². The van der Waals surface area contributed by atoms with Gasteiger partial charge in [0.2, 0.25) is 5.91 Å². The molecular weight excluding hydrogens is 312 g/mol. The van der Waals surface area contributed by atoms with Crippen LogP contribution in [0.25, 0.3) is 0 Å². The Balaban J connectivity index is 1.37. The molecule has 25 heavy (non-hydrogen) atoms. The van der Waals surface area contributed by atoms with Gasteiger partial charge in [0, 0.05) is 31.0 Å². The maximum Gasteiger partial charge on any atom is 0.230 e. The van der Waals surface area contributed by atoms with Crippen LogP contribution in [-0.2, 0) is 11.2 Å². The van der Waals surface area contributed by atoms with Crippen molar-refractivity contribution in [1.82, 2.24) is 9.88 Å². The molecule has 0 unspecified atom stereocenters. The zero-order chi connectivity index (χ0) is 17.1. The van der Waals surface area contributed by atoms with Crippen molar-refractivity contribution in [2.75, 3.05) is 19.7 Å². The Kier molecular flexibility index (Phi) is 4.68. The number of para-hydroxylation sites is 1. The van der Waals surface area contributed by atoms with Gasteiger partial charge in [-0.1, -0.05) is 24.3 Å². The first-order valence-corrected chi connectivity index (χ1v) is 9.20. The molecule has 2 aromatic rings. The summed E-state index contributed by atoms with van der Waals surface area (Å²) in [7, 11) is 0. The Bertz CT molecular complexity index is 724. The second-order valence-corrected chi connectivity index (χ2v) is 7.06. The fourth-order valence-corrected chi connectivity index (χ4v) is 4.03. The number of carbonyl (C=O) groups is 1. The van der Waals surface area contributed by atoms with E-state index in [1.165, 1.54) is 5.56 Å². The lowest BCUT2D eigenvalue weighted by Crippen LogP contribution is -2.42. The van der Waals surface area contributed by atoms with Gasteiger partial charge >= 0.3 is 0 Å². The summed E-state index contributed by atoms with van der Waals surface area (Å²) in [5.41, 5.74) is 2.35. The van der Waals surface area contributed by atoms with Gasteiger partial charge in [0.25, 0.3) is 0 Å². The average molecular weight is 336 g/mol. The van der Waals surface area contributed by atoms with E-state index in [4.69, 9.17) is 4.74 Å². The van der Waals surface area contributed by atoms with E-state index in [0.717, 1.165) is 50.1 Å². The van der Waals surface area contributed by atoms with Gasteiger partial charge in [0.1, 0.15) is 5.75 Å². The van der Waals surface area contributed by atoms with Gasteiger partial charge in [0.05, 0.1) is 12.5 Å². The van der Waals surface area contributed by atoms with Crippen molar-refractivity contribution in [3.8, 4) is 5.75 Å². The SMILES string of the molecule is O=C([C@H]1CCOc2ccccc21)N1CCC(Cc2cccnc2)CC1. The number of benzene rings is 1. The average Bonchev–Trinajstić information content (AvgIpc) is 2.68. The largest absolute Gasteiger partial charge is 0.493 e. The van der Waals surface area contributed by atoms with Crippen molar-refractivity contribution in [2.24, 2.45) is 5.92 Å². The summed E-state index contributed by atoms with van der Waals surface area (Å²) in [6.45, 7) is 2.36. The van der Waals surface area contributed by atoms with Crippen molar-refractivity contribution in [1.29, 1.82) is 0 Å². The molecule has 3 heterocycles. The Hall–Kier alpha value is -2.36. The van der Waals surface area contributed by atoms with E-state index in [-0.39, 0.29) is 11.8 Å². The molecule has 0 saturated carbocycles. The molecule has 0 N–H and O–H groups in total. The molecule has 1 aromatic carbocycles. The summed E-state index contributed by atoms with van der Waals surface area (Å²) in [4.78, 5) is 19.3. The van der Waals surface area contributed by atoms with Gasteiger partial charge in [-0.05, 0) is 49.3 Å². The summed E-state index contributed by atoms with van der Waals surface area (Å²) < 4.78 is 5.70. The number of piperidine rings is 1. The number of rotatable bonds is 3. The lowest BCUT2D eigenvalue weighted by Gasteiger charge is -2.35. The zero-order valence-corrected chi connectivity index (χ0v) is 14.4. The quantitative estimate of drug-likeness (QED) is 0.862. The molecule has 0 spiro atoms. The van der Waals surface area contributed by atoms with Crippen LogP contribution >= 0.6 is 0 Å². The lowest BCUT2D eigenvalue weighted by molar-refractivity contribution is -0.134. The van der Waals surface area contributed by atoms with Gasteiger partial charge in [-0.2, -0.15) is 0 Å². The summed E-state index contributed by atoms with van der Waals surface area (Å²) in [5, 5.41) is 0. The van der Waals surface area contributed by atoms with Crippen molar-refractivity contribution >= 4 is 5.91 Å². The number of ether oxygens (including phenoxy) is 1. The zero-order valence-electron chi connectivity index (χ0n) is 14.4. The Labute approximate surface area is 148 Å². The van der Waals surface area contributed by atoms with E-state index in [9.17, 15) is 4.79 Å². The van der Waals surface area contributed by atoms with Crippen LogP contribution in [0, 0.1) is 5.92 Å². The highest BCUT2D eigenvalue weighted by atomic mass is 16.5. The van der Waals surface area contributed by atoms with E-state index in [2.05, 4.69) is 16.0 Å². The molecule has 2 aliphatic heterocycles. The monoisotopic (exact) mass is 336 g/mol. The summed E-state index contributed by atoms with van der Waals surface area (Å²) in [6, 6.07) is 12.1. The van der Waals surface area contributed by atoms with Gasteiger partial charge < -0.3 is 9.64 Å². The van der Waals surface area contributed by atoms with E-state index in [1.54, 1.807) is 0 Å². The van der Waals surface area contributed by atoms with Crippen molar-refractivity contribution in [2.45, 2.75) is 31.6 Å². The highest BCUT2D eigenvalue weighted by Gasteiger charge is 2.32. The highest BCUT2D eigenvalue weighted by Crippen LogP contribution is 2.35. The number of nitrogens with zero attached hydrogens (tertiary/aromatic N) is 2. The lowest BCUT2D eigenvalue weighted by atomic mass is 9.88. The predicted molar refractivity (Wildman–Crippen MR) is 96.5 cm³/mol. The van der Waals surface area contributed by atoms with Crippen molar-refractivity contribution in [3.05, 3.63) is 59.9 Å². The minimum absolute atomic E-state index is 0.0418. The fourth-order valence-electron chi connectivity index (χ4n) is 4.03. The first-order chi connectivity index (χ1) is 12.3. The van der Waals surface area contributed by atoms with Crippen LogP contribution in [0.15, 0.2) is 48.8 Å². The number of likely N-dealkylation sites (tertiary alicyclic amines) is 1. The first kappa shape index (κ1) is 16.1. The van der Waals surface area contributed by atoms with Gasteiger partial charge in [-0.15, -0.1) is 0 Å². The molecule has 0 radical (unpaired) electrons. The molecule has 0 bridgehead atoms. The van der Waals surface area contributed by atoms with Crippen LogP contribution in [0.5, 0.6) is 5.75 Å². The number of hydrogen-bond donors (Lipinski definition) is 0. The molecule has 0 aliphatic carbocycles. The molecule has 4 rings (SSSR count). The maximum atomic E-state index is 13.0. The number of carbonyl (C=O) groups excluding carboxylic acids is 1. The summed E-state index contributed by atoms with van der Waals surface area (Å²) in [5.74, 6) is 1.75. The van der Waals surface area contributed by atoms with Crippen LogP contribution in [0.2, 0.25) is 0 Å². The normalized spacial score (nSPS) is 20.6. The van der Waals surface area contributed by atoms with Crippen LogP contribution in [0.3, 0.4) is 0 Å². The van der Waals surface area contributed by atoms with Crippen LogP contribution in [0.4, 0.5) is 0 Å². The Morgan fingerprint density at radius 3 is 2.76 bits per heavy atom. The molecule has 2 aliphatic rings. The van der Waals surface area contributed by atoms with Gasteiger partial charge in [0.15, 0.2) is 0 Å². The summed E-state index contributed by atoms with van der Waals surface area (Å²) in [6.07, 6.45) is 7.77. The van der Waals surface area contributed by atoms with Crippen molar-refractivity contribution < 1.29 is 9.53 Å². The minimum Gasteiger partial charge on any atom is -0.493 e. The van der Waals surface area contributed by atoms with Crippen molar-refractivity contribution in [3.63, 3.8) is 0 Å². The molecule has 1 aromatic heterocycles. The topological polar surface area (TPSA) is 42.4 Å². The number of aromatic nitrogens is 1. The first-order valence-electron chi connectivity index (χ1n) is 9.20. The third kappa shape index (κ3) is 3.53. The van der Waals surface area contributed by atoms with E-state index >= 15 is 0 Å². The van der Waals surface area contributed by atoms with Crippen LogP contribution in [-0.4, -0.2) is 35.5 Å². The minimum atomic E-state index is -0.0418. The van der Waals surface area contributed by atoms with Crippen LogP contribution < -0.4 is 4.74 Å². The molecular formula is C21H24N2O2. The molecule has 1 amide bonds. The predicted octanol–water partition coefficient (Wildman–Crippen LogP) is 3.43. The molecule has 130 valence electrons. The van der Waals surface area contributed by atoms with E-state index in [1.807, 2.05) is 42.7 Å². The van der Waals surface area contributed by atoms with Gasteiger partial charge in [-0.25, -0.2) is 0 Å². The van der Waals surface area contributed by atoms with Gasteiger partial charge in [-0.3, -0.25) is 9.78 Å². The van der Waals surface area contributed by atoms with E-state index in [0.29, 0.717) is 12.5 Å². The molecule has 4 nitrogen and oxygen atoms in total. The Morgan fingerprint density at radius 2 is 1.96 bits per heavy atom. The number of pyridine rings is 1. The molecule has 1 atom stereocenters. The number of amides is 1. The third-order valence-electron chi connectivity index (χ3n) is 5.43. The second-order valence-electron chi connectivity index (χ2n) is 7.06. The Morgan fingerprint density at radius 1 is 1.12 bits per heavy atom. The maximum absolute atomic E-state index is 13.0. The fraction of sp³-hybridized carbons (Fsp3) is 0.429. The smallest absolute Gasteiger partial charge is 0.230 e.